The van der Waals surface area contributed by atoms with E-state index in [-0.39, 0.29) is 5.92 Å². The van der Waals surface area contributed by atoms with Crippen LogP contribution in [0, 0.1) is 5.92 Å². The molecule has 4 heteroatoms. The highest BCUT2D eigenvalue weighted by molar-refractivity contribution is 6.00. The SMILES string of the molecule is Cn1ncc2ccc(C(=O)C3CC4CCC(C3)N4)cc21. The fourth-order valence-electron chi connectivity index (χ4n) is 3.80. The topological polar surface area (TPSA) is 46.9 Å². The average Bonchev–Trinajstić information content (AvgIpc) is 3.01. The number of carbonyl (C=O) groups excluding carboxylic acids is 1. The highest BCUT2D eigenvalue weighted by Crippen LogP contribution is 2.33. The number of nitrogens with one attached hydrogen (secondary N) is 1. The lowest BCUT2D eigenvalue weighted by Gasteiger charge is -2.28. The van der Waals surface area contributed by atoms with Gasteiger partial charge in [-0.3, -0.25) is 9.48 Å². The Kier molecular flexibility index (Phi) is 2.67. The summed E-state index contributed by atoms with van der Waals surface area (Å²) < 4.78 is 1.83. The lowest BCUT2D eigenvalue weighted by molar-refractivity contribution is 0.0876. The number of Topliss-reactive ketones (excluding diaryl/α,β-unsaturated/α-hetero) is 1. The predicted molar refractivity (Wildman–Crippen MR) is 77.7 cm³/mol. The van der Waals surface area contributed by atoms with E-state index < -0.39 is 0 Å². The van der Waals surface area contributed by atoms with E-state index in [9.17, 15) is 4.79 Å². The first kappa shape index (κ1) is 12.1. The molecule has 20 heavy (non-hydrogen) atoms. The molecule has 3 heterocycles. The van der Waals surface area contributed by atoms with E-state index in [4.69, 9.17) is 0 Å². The second-order valence-corrected chi connectivity index (χ2v) is 6.21. The molecule has 1 aromatic heterocycles. The first-order chi connectivity index (χ1) is 9.70. The van der Waals surface area contributed by atoms with Crippen molar-refractivity contribution in [1.82, 2.24) is 15.1 Å². The highest BCUT2D eigenvalue weighted by atomic mass is 16.1. The lowest BCUT2D eigenvalue weighted by Crippen LogP contribution is -2.40. The Balaban J connectivity index is 1.64. The molecule has 1 aromatic carbocycles. The molecular formula is C16H19N3O. The monoisotopic (exact) mass is 269 g/mol. The van der Waals surface area contributed by atoms with Gasteiger partial charge in [-0.1, -0.05) is 12.1 Å². The Bertz CT molecular complexity index is 663. The van der Waals surface area contributed by atoms with Crippen LogP contribution in [0.25, 0.3) is 10.9 Å². The summed E-state index contributed by atoms with van der Waals surface area (Å²) in [5.74, 6) is 0.505. The fraction of sp³-hybridized carbons (Fsp3) is 0.500. The number of aromatic nitrogens is 2. The van der Waals surface area contributed by atoms with Crippen molar-refractivity contribution in [3.63, 3.8) is 0 Å². The van der Waals surface area contributed by atoms with Gasteiger partial charge in [0.25, 0.3) is 0 Å². The van der Waals surface area contributed by atoms with Crippen LogP contribution in [0.4, 0.5) is 0 Å². The van der Waals surface area contributed by atoms with Crippen molar-refractivity contribution in [2.24, 2.45) is 13.0 Å². The summed E-state index contributed by atoms with van der Waals surface area (Å²) in [6.45, 7) is 0. The molecule has 0 radical (unpaired) electrons. The Morgan fingerprint density at radius 1 is 1.30 bits per heavy atom. The van der Waals surface area contributed by atoms with Crippen LogP contribution in [0.2, 0.25) is 0 Å². The van der Waals surface area contributed by atoms with Gasteiger partial charge in [-0.15, -0.1) is 0 Å². The summed E-state index contributed by atoms with van der Waals surface area (Å²) in [6.07, 6.45) is 6.30. The second-order valence-electron chi connectivity index (χ2n) is 6.21. The highest BCUT2D eigenvalue weighted by Gasteiger charge is 2.36. The first-order valence-corrected chi connectivity index (χ1v) is 7.43. The summed E-state index contributed by atoms with van der Waals surface area (Å²) in [6, 6.07) is 7.07. The molecule has 4 rings (SSSR count). The van der Waals surface area contributed by atoms with Crippen LogP contribution in [0.15, 0.2) is 24.4 Å². The fourth-order valence-corrected chi connectivity index (χ4v) is 3.80. The van der Waals surface area contributed by atoms with Crippen molar-refractivity contribution < 1.29 is 4.79 Å². The minimum absolute atomic E-state index is 0.194. The number of nitrogens with zero attached hydrogens (tertiary/aromatic N) is 2. The van der Waals surface area contributed by atoms with E-state index in [1.165, 1.54) is 12.8 Å². The van der Waals surface area contributed by atoms with Crippen molar-refractivity contribution in [2.75, 3.05) is 0 Å². The molecule has 0 spiro atoms. The van der Waals surface area contributed by atoms with Gasteiger partial charge in [-0.05, 0) is 31.7 Å². The largest absolute Gasteiger partial charge is 0.311 e. The lowest BCUT2D eigenvalue weighted by atomic mass is 9.86. The maximum Gasteiger partial charge on any atom is 0.166 e. The van der Waals surface area contributed by atoms with Gasteiger partial charge in [-0.2, -0.15) is 5.10 Å². The summed E-state index contributed by atoms with van der Waals surface area (Å²) >= 11 is 0. The molecule has 0 aliphatic carbocycles. The second kappa shape index (κ2) is 4.42. The minimum Gasteiger partial charge on any atom is -0.311 e. The van der Waals surface area contributed by atoms with Gasteiger partial charge >= 0.3 is 0 Å². The average molecular weight is 269 g/mol. The van der Waals surface area contributed by atoms with Crippen molar-refractivity contribution in [3.05, 3.63) is 30.0 Å². The molecule has 2 aromatic rings. The molecule has 2 atom stereocenters. The number of benzene rings is 1. The summed E-state index contributed by atoms with van der Waals surface area (Å²) in [7, 11) is 1.92. The number of carbonyl (C=O) groups is 1. The minimum atomic E-state index is 0.194. The first-order valence-electron chi connectivity index (χ1n) is 7.43. The van der Waals surface area contributed by atoms with Crippen LogP contribution in [0.3, 0.4) is 0 Å². The summed E-state index contributed by atoms with van der Waals surface area (Å²) in [5, 5.41) is 8.93. The number of hydrogen-bond acceptors (Lipinski definition) is 3. The molecule has 2 aliphatic heterocycles. The van der Waals surface area contributed by atoms with E-state index in [1.807, 2.05) is 36.1 Å². The Hall–Kier alpha value is -1.68. The summed E-state index contributed by atoms with van der Waals surface area (Å²) in [5.41, 5.74) is 1.88. The maximum atomic E-state index is 12.7. The quantitative estimate of drug-likeness (QED) is 0.851. The smallest absolute Gasteiger partial charge is 0.166 e. The van der Waals surface area contributed by atoms with Crippen molar-refractivity contribution >= 4 is 16.7 Å². The maximum absolute atomic E-state index is 12.7. The van der Waals surface area contributed by atoms with E-state index in [2.05, 4.69) is 10.4 Å². The van der Waals surface area contributed by atoms with Gasteiger partial charge in [0, 0.05) is 36.0 Å². The van der Waals surface area contributed by atoms with E-state index in [0.29, 0.717) is 17.9 Å². The standard InChI is InChI=1S/C16H19N3O/c1-19-15-8-10(2-3-11(15)9-17-19)16(20)12-6-13-4-5-14(7-12)18-13/h2-3,8-9,12-14,18H,4-7H2,1H3. The molecule has 2 unspecified atom stereocenters. The third-order valence-corrected chi connectivity index (χ3v) is 4.88. The predicted octanol–water partition coefficient (Wildman–Crippen LogP) is 2.29. The normalized spacial score (nSPS) is 28.9. The zero-order chi connectivity index (χ0) is 13.7. The van der Waals surface area contributed by atoms with Gasteiger partial charge < -0.3 is 5.32 Å². The Morgan fingerprint density at radius 2 is 2.05 bits per heavy atom. The molecule has 104 valence electrons. The molecule has 2 saturated heterocycles. The Labute approximate surface area is 118 Å². The van der Waals surface area contributed by atoms with Crippen LogP contribution in [0.1, 0.15) is 36.0 Å². The molecule has 0 saturated carbocycles. The van der Waals surface area contributed by atoms with Gasteiger partial charge in [0.2, 0.25) is 0 Å². The number of piperidine rings is 1. The van der Waals surface area contributed by atoms with Crippen LogP contribution < -0.4 is 5.32 Å². The number of ketones is 1. The van der Waals surface area contributed by atoms with Crippen LogP contribution >= 0.6 is 0 Å². The van der Waals surface area contributed by atoms with E-state index in [0.717, 1.165) is 29.3 Å². The zero-order valence-electron chi connectivity index (χ0n) is 11.7. The third kappa shape index (κ3) is 1.86. The third-order valence-electron chi connectivity index (χ3n) is 4.88. The summed E-state index contributed by atoms with van der Waals surface area (Å²) in [4.78, 5) is 12.7. The number of fused-ring (bicyclic) bond motifs is 3. The van der Waals surface area contributed by atoms with Gasteiger partial charge in [-0.25, -0.2) is 0 Å². The molecule has 4 nitrogen and oxygen atoms in total. The van der Waals surface area contributed by atoms with Crippen LogP contribution in [-0.2, 0) is 7.05 Å². The molecular weight excluding hydrogens is 250 g/mol. The number of aryl methyl sites for hydroxylation is 1. The molecule has 2 aliphatic rings. The number of rotatable bonds is 2. The van der Waals surface area contributed by atoms with E-state index >= 15 is 0 Å². The molecule has 0 amide bonds. The van der Waals surface area contributed by atoms with Crippen molar-refractivity contribution in [1.29, 1.82) is 0 Å². The van der Waals surface area contributed by atoms with Crippen LogP contribution in [0.5, 0.6) is 0 Å². The van der Waals surface area contributed by atoms with Gasteiger partial charge in [0.1, 0.15) is 0 Å². The van der Waals surface area contributed by atoms with Gasteiger partial charge in [0.05, 0.1) is 11.7 Å². The van der Waals surface area contributed by atoms with Crippen molar-refractivity contribution in [2.45, 2.75) is 37.8 Å². The Morgan fingerprint density at radius 3 is 2.80 bits per heavy atom. The molecule has 1 N–H and O–H groups in total. The molecule has 2 bridgehead atoms. The number of hydrogen-bond donors (Lipinski definition) is 1. The molecule has 2 fully saturated rings. The van der Waals surface area contributed by atoms with E-state index in [1.54, 1.807) is 0 Å². The van der Waals surface area contributed by atoms with Crippen molar-refractivity contribution in [3.8, 4) is 0 Å². The zero-order valence-corrected chi connectivity index (χ0v) is 11.7. The van der Waals surface area contributed by atoms with Gasteiger partial charge in [0.15, 0.2) is 5.78 Å². The van der Waals surface area contributed by atoms with Crippen LogP contribution in [-0.4, -0.2) is 27.6 Å².